The molecular weight excluding hydrogens is 338 g/mol. The van der Waals surface area contributed by atoms with Crippen molar-refractivity contribution in [1.82, 2.24) is 25.1 Å². The summed E-state index contributed by atoms with van der Waals surface area (Å²) in [6.07, 6.45) is 3.73. The molecule has 0 saturated carbocycles. The molecule has 1 aliphatic rings. The molecule has 2 unspecified atom stereocenters. The third kappa shape index (κ3) is 4.21. The lowest BCUT2D eigenvalue weighted by Gasteiger charge is -2.35. The van der Waals surface area contributed by atoms with Crippen LogP contribution in [0.5, 0.6) is 0 Å². The van der Waals surface area contributed by atoms with Crippen LogP contribution in [0.2, 0.25) is 5.02 Å². The van der Waals surface area contributed by atoms with Crippen molar-refractivity contribution in [2.45, 2.75) is 19.0 Å². The van der Waals surface area contributed by atoms with Gasteiger partial charge in [0.2, 0.25) is 5.91 Å². The van der Waals surface area contributed by atoms with Crippen molar-refractivity contribution in [2.24, 2.45) is 7.05 Å². The van der Waals surface area contributed by atoms with Crippen LogP contribution in [0.25, 0.3) is 0 Å². The summed E-state index contributed by atoms with van der Waals surface area (Å²) in [6, 6.07) is 7.56. The minimum atomic E-state index is -0.129. The van der Waals surface area contributed by atoms with Crippen LogP contribution in [0.1, 0.15) is 30.4 Å². The Morgan fingerprint density at radius 1 is 1.48 bits per heavy atom. The molecule has 1 aromatic heterocycles. The molecule has 7 heteroatoms. The second-order valence-electron chi connectivity index (χ2n) is 6.40. The van der Waals surface area contributed by atoms with Crippen molar-refractivity contribution in [3.8, 4) is 0 Å². The zero-order chi connectivity index (χ0) is 17.8. The highest BCUT2D eigenvalue weighted by Crippen LogP contribution is 2.23. The van der Waals surface area contributed by atoms with Crippen LogP contribution in [0.15, 0.2) is 36.7 Å². The summed E-state index contributed by atoms with van der Waals surface area (Å²) in [7, 11) is 1.98. The molecule has 1 fully saturated rings. The number of hydrogen-bond donors (Lipinski definition) is 2. The fourth-order valence-electron chi connectivity index (χ4n) is 3.26. The van der Waals surface area contributed by atoms with Gasteiger partial charge in [-0.2, -0.15) is 0 Å². The van der Waals surface area contributed by atoms with E-state index in [9.17, 15) is 4.79 Å². The van der Waals surface area contributed by atoms with Gasteiger partial charge in [-0.1, -0.05) is 29.8 Å². The van der Waals surface area contributed by atoms with E-state index in [1.807, 2.05) is 49.0 Å². The molecule has 2 atom stereocenters. The second kappa shape index (κ2) is 7.99. The molecule has 134 valence electrons. The average molecular weight is 362 g/mol. The number of nitrogens with zero attached hydrogens (tertiary/aromatic N) is 3. The summed E-state index contributed by atoms with van der Waals surface area (Å²) in [5.41, 5.74) is 0.929. The summed E-state index contributed by atoms with van der Waals surface area (Å²) in [5.74, 6) is 0.965. The Kier molecular flexibility index (Phi) is 5.73. The van der Waals surface area contributed by atoms with Crippen LogP contribution in [-0.2, 0) is 11.8 Å². The first-order valence-electron chi connectivity index (χ1n) is 8.52. The van der Waals surface area contributed by atoms with Gasteiger partial charge in [0.25, 0.3) is 0 Å². The van der Waals surface area contributed by atoms with Gasteiger partial charge in [0.05, 0.1) is 18.6 Å². The minimum absolute atomic E-state index is 0.00599. The van der Waals surface area contributed by atoms with E-state index < -0.39 is 0 Å². The van der Waals surface area contributed by atoms with Gasteiger partial charge < -0.3 is 15.2 Å². The van der Waals surface area contributed by atoms with E-state index in [2.05, 4.69) is 20.5 Å². The van der Waals surface area contributed by atoms with Gasteiger partial charge in [0.15, 0.2) is 0 Å². The first kappa shape index (κ1) is 17.9. The molecule has 2 heterocycles. The maximum atomic E-state index is 12.6. The van der Waals surface area contributed by atoms with Gasteiger partial charge in [-0.05, 0) is 18.6 Å². The number of hydrogen-bond acceptors (Lipinski definition) is 4. The van der Waals surface area contributed by atoms with Gasteiger partial charge in [-0.15, -0.1) is 0 Å². The van der Waals surface area contributed by atoms with Crippen LogP contribution >= 0.6 is 11.6 Å². The lowest BCUT2D eigenvalue weighted by Crippen LogP contribution is -2.50. The number of carbonyl (C=O) groups is 1. The molecule has 1 amide bonds. The Morgan fingerprint density at radius 2 is 2.28 bits per heavy atom. The number of amides is 1. The van der Waals surface area contributed by atoms with Crippen LogP contribution in [0.3, 0.4) is 0 Å². The van der Waals surface area contributed by atoms with E-state index >= 15 is 0 Å². The van der Waals surface area contributed by atoms with E-state index in [1.54, 1.807) is 6.20 Å². The van der Waals surface area contributed by atoms with Gasteiger partial charge >= 0.3 is 0 Å². The van der Waals surface area contributed by atoms with E-state index in [0.717, 1.165) is 31.0 Å². The first-order chi connectivity index (χ1) is 12.1. The highest BCUT2D eigenvalue weighted by Gasteiger charge is 2.28. The molecule has 2 N–H and O–H groups in total. The minimum Gasteiger partial charge on any atom is -0.348 e. The molecule has 1 saturated heterocycles. The number of aromatic nitrogens is 2. The van der Waals surface area contributed by atoms with Crippen molar-refractivity contribution in [2.75, 3.05) is 26.2 Å². The predicted octanol–water partition coefficient (Wildman–Crippen LogP) is 1.90. The Hall–Kier alpha value is -1.89. The highest BCUT2D eigenvalue weighted by atomic mass is 35.5. The van der Waals surface area contributed by atoms with Gasteiger partial charge in [0, 0.05) is 44.1 Å². The van der Waals surface area contributed by atoms with Gasteiger partial charge in [0.1, 0.15) is 5.82 Å². The van der Waals surface area contributed by atoms with Crippen molar-refractivity contribution in [3.05, 3.63) is 53.1 Å². The predicted molar refractivity (Wildman–Crippen MR) is 98.4 cm³/mol. The molecule has 1 aliphatic heterocycles. The largest absolute Gasteiger partial charge is 0.348 e. The number of halogens is 1. The number of carbonyl (C=O) groups excluding carboxylic acids is 1. The summed E-state index contributed by atoms with van der Waals surface area (Å²) in [5, 5.41) is 7.11. The summed E-state index contributed by atoms with van der Waals surface area (Å²) < 4.78 is 2.01. The Labute approximate surface area is 153 Å². The Balaban J connectivity index is 1.65. The van der Waals surface area contributed by atoms with Crippen LogP contribution in [0.4, 0.5) is 0 Å². The van der Waals surface area contributed by atoms with Crippen molar-refractivity contribution in [1.29, 1.82) is 0 Å². The number of benzene rings is 1. The third-order valence-electron chi connectivity index (χ3n) is 4.61. The maximum absolute atomic E-state index is 12.6. The fourth-order valence-corrected chi connectivity index (χ4v) is 3.56. The Morgan fingerprint density at radius 3 is 3.00 bits per heavy atom. The normalized spacial score (nSPS) is 19.6. The zero-order valence-electron chi connectivity index (χ0n) is 14.6. The molecule has 0 aliphatic carbocycles. The number of nitrogens with one attached hydrogen (secondary N) is 2. The zero-order valence-corrected chi connectivity index (χ0v) is 15.3. The van der Waals surface area contributed by atoms with Crippen LogP contribution in [-0.4, -0.2) is 46.5 Å². The van der Waals surface area contributed by atoms with Gasteiger partial charge in [-0.3, -0.25) is 9.69 Å². The number of imidazole rings is 1. The maximum Gasteiger partial charge on any atom is 0.234 e. The van der Waals surface area contributed by atoms with Crippen LogP contribution < -0.4 is 10.6 Å². The molecule has 6 nitrogen and oxygen atoms in total. The fraction of sp³-hybridized carbons (Fsp3) is 0.444. The standard InChI is InChI=1S/C18H24ClN5O/c1-13(14-5-3-4-6-15(14)19)22-17(25)12-24-10-7-20-11-16(24)18-21-8-9-23(18)2/h3-6,8-9,13,16,20H,7,10-12H2,1-2H3,(H,22,25). The smallest absolute Gasteiger partial charge is 0.234 e. The van der Waals surface area contributed by atoms with Gasteiger partial charge in [-0.25, -0.2) is 4.98 Å². The lowest BCUT2D eigenvalue weighted by molar-refractivity contribution is -0.123. The molecular formula is C18H24ClN5O. The van der Waals surface area contributed by atoms with E-state index in [1.165, 1.54) is 0 Å². The number of piperazine rings is 1. The van der Waals surface area contributed by atoms with Crippen molar-refractivity contribution in [3.63, 3.8) is 0 Å². The second-order valence-corrected chi connectivity index (χ2v) is 6.80. The lowest BCUT2D eigenvalue weighted by atomic mass is 10.1. The molecule has 0 radical (unpaired) electrons. The monoisotopic (exact) mass is 361 g/mol. The topological polar surface area (TPSA) is 62.2 Å². The molecule has 3 rings (SSSR count). The SMILES string of the molecule is CC(NC(=O)CN1CCNCC1c1nccn1C)c1ccccc1Cl. The van der Waals surface area contributed by atoms with Crippen LogP contribution in [0, 0.1) is 0 Å². The quantitative estimate of drug-likeness (QED) is 0.853. The van der Waals surface area contributed by atoms with E-state index in [0.29, 0.717) is 11.6 Å². The molecule has 25 heavy (non-hydrogen) atoms. The molecule has 2 aromatic rings. The van der Waals surface area contributed by atoms with E-state index in [-0.39, 0.29) is 18.0 Å². The van der Waals surface area contributed by atoms with Crippen molar-refractivity contribution < 1.29 is 4.79 Å². The third-order valence-corrected chi connectivity index (χ3v) is 4.95. The van der Waals surface area contributed by atoms with E-state index in [4.69, 9.17) is 11.6 Å². The summed E-state index contributed by atoms with van der Waals surface area (Å²) in [6.45, 7) is 4.76. The average Bonchev–Trinajstić information content (AvgIpc) is 3.01. The molecule has 1 aromatic carbocycles. The first-order valence-corrected chi connectivity index (χ1v) is 8.90. The highest BCUT2D eigenvalue weighted by molar-refractivity contribution is 6.31. The summed E-state index contributed by atoms with van der Waals surface area (Å²) >= 11 is 6.22. The molecule has 0 bridgehead atoms. The van der Waals surface area contributed by atoms with Crippen molar-refractivity contribution >= 4 is 17.5 Å². The number of aryl methyl sites for hydroxylation is 1. The Bertz CT molecular complexity index is 732. The number of rotatable bonds is 5. The summed E-state index contributed by atoms with van der Waals surface area (Å²) in [4.78, 5) is 19.2. The molecule has 0 spiro atoms.